The fraction of sp³-hybridized carbons (Fsp3) is 0.148. The quantitative estimate of drug-likeness (QED) is 0.316. The van der Waals surface area contributed by atoms with Crippen LogP contribution in [0.3, 0.4) is 0 Å². The number of H-pyrrole nitrogens is 1. The molecule has 0 bridgehead atoms. The Morgan fingerprint density at radius 1 is 0.943 bits per heavy atom. The number of aryl methyl sites for hydroxylation is 1. The van der Waals surface area contributed by atoms with E-state index in [9.17, 15) is 4.39 Å². The molecule has 5 aromatic rings. The average Bonchev–Trinajstić information content (AvgIpc) is 3.35. The van der Waals surface area contributed by atoms with Crippen LogP contribution >= 0.6 is 0 Å². The molecule has 0 saturated heterocycles. The van der Waals surface area contributed by atoms with E-state index in [0.717, 1.165) is 33.3 Å². The summed E-state index contributed by atoms with van der Waals surface area (Å²) in [6.45, 7) is 2.46. The Hall–Kier alpha value is -4.46. The Bertz CT molecular complexity index is 1480. The molecule has 0 unspecified atom stereocenters. The molecule has 0 saturated carbocycles. The lowest BCUT2D eigenvalue weighted by molar-refractivity contribution is -0.597. The first-order chi connectivity index (χ1) is 17.1. The summed E-state index contributed by atoms with van der Waals surface area (Å²) >= 11 is 0. The molecule has 35 heavy (non-hydrogen) atoms. The number of hydrogen-bond donors (Lipinski definition) is 1. The Balaban J connectivity index is 1.66. The standard InChI is InChI=1S/C27H24FN5O2/c1-17-13-20-14-23(34-2)24(35-3)15-22(20)25(19-9-11-21(28)12-10-19)33(17)27-30-26(31-32-27)29-16-18-7-5-4-6-8-18/h4-15H,16H2,1-3H3,(H-,29,30,31,32). The number of halogens is 1. The Labute approximate surface area is 202 Å². The molecule has 8 heteroatoms. The maximum absolute atomic E-state index is 13.8. The minimum absolute atomic E-state index is 0.309. The number of rotatable bonds is 7. The molecular weight excluding hydrogens is 445 g/mol. The number of nitrogens with zero attached hydrogens (tertiary/aromatic N) is 4. The minimum atomic E-state index is -0.309. The minimum Gasteiger partial charge on any atom is -0.493 e. The summed E-state index contributed by atoms with van der Waals surface area (Å²) in [5.41, 5.74) is 3.57. The van der Waals surface area contributed by atoms with Crippen LogP contribution in [0, 0.1) is 12.7 Å². The van der Waals surface area contributed by atoms with Crippen LogP contribution in [0.1, 0.15) is 11.3 Å². The molecule has 0 aliphatic rings. The first-order valence-electron chi connectivity index (χ1n) is 11.1. The van der Waals surface area contributed by atoms with Crippen molar-refractivity contribution in [2.75, 3.05) is 14.2 Å². The third-order valence-electron chi connectivity index (χ3n) is 5.79. The number of methoxy groups -OCH3 is 2. The lowest BCUT2D eigenvalue weighted by atomic mass is 10.0. The van der Waals surface area contributed by atoms with Gasteiger partial charge in [-0.2, -0.15) is 0 Å². The summed E-state index contributed by atoms with van der Waals surface area (Å²) in [5, 5.41) is 13.8. The zero-order chi connectivity index (χ0) is 24.4. The van der Waals surface area contributed by atoms with Crippen LogP contribution in [-0.2, 0) is 6.54 Å². The van der Waals surface area contributed by atoms with Crippen molar-refractivity contribution in [3.63, 3.8) is 0 Å². The van der Waals surface area contributed by atoms with Gasteiger partial charge in [-0.3, -0.25) is 10.1 Å². The van der Waals surface area contributed by atoms with Gasteiger partial charge < -0.3 is 14.8 Å². The van der Waals surface area contributed by atoms with Crippen molar-refractivity contribution in [3.8, 4) is 28.7 Å². The fourth-order valence-corrected chi connectivity index (χ4v) is 4.12. The molecule has 2 heterocycles. The first kappa shape index (κ1) is 22.3. The Morgan fingerprint density at radius 3 is 2.37 bits per heavy atom. The van der Waals surface area contributed by atoms with Crippen LogP contribution < -0.4 is 14.0 Å². The summed E-state index contributed by atoms with van der Waals surface area (Å²) < 4.78 is 26.8. The number of aromatic nitrogens is 4. The number of nitrogens with one attached hydrogen (secondary N) is 1. The molecule has 0 atom stereocenters. The molecule has 0 fully saturated rings. The zero-order valence-electron chi connectivity index (χ0n) is 19.6. The van der Waals surface area contributed by atoms with Crippen molar-refractivity contribution in [2.45, 2.75) is 13.5 Å². The van der Waals surface area contributed by atoms with E-state index in [4.69, 9.17) is 9.47 Å². The molecular formula is C27H24FN5O2. The summed E-state index contributed by atoms with van der Waals surface area (Å²) in [4.78, 5) is 4.64. The molecule has 0 aliphatic carbocycles. The van der Waals surface area contributed by atoms with Gasteiger partial charge in [-0.15, -0.1) is 0 Å². The largest absolute Gasteiger partial charge is 0.493 e. The van der Waals surface area contributed by atoms with Crippen LogP contribution in [-0.4, -0.2) is 29.4 Å². The lowest BCUT2D eigenvalue weighted by Gasteiger charge is -2.17. The van der Waals surface area contributed by atoms with E-state index in [-0.39, 0.29) is 5.82 Å². The topological polar surface area (TPSA) is 78.0 Å². The number of ether oxygens (including phenoxy) is 2. The Kier molecular flexibility index (Phi) is 6.01. The van der Waals surface area contributed by atoms with Gasteiger partial charge in [-0.05, 0) is 60.3 Å². The molecule has 5 rings (SSSR count). The number of pyridine rings is 1. The normalized spacial score (nSPS) is 11.0. The van der Waals surface area contributed by atoms with Gasteiger partial charge in [-0.25, -0.2) is 8.96 Å². The molecule has 0 aliphatic heterocycles. The highest BCUT2D eigenvalue weighted by Crippen LogP contribution is 2.36. The summed E-state index contributed by atoms with van der Waals surface area (Å²) in [6.07, 6.45) is 0. The van der Waals surface area contributed by atoms with E-state index < -0.39 is 0 Å². The van der Waals surface area contributed by atoms with E-state index in [1.165, 1.54) is 12.1 Å². The van der Waals surface area contributed by atoms with E-state index in [1.807, 2.05) is 60.0 Å². The van der Waals surface area contributed by atoms with Crippen molar-refractivity contribution >= 4 is 16.7 Å². The van der Waals surface area contributed by atoms with E-state index in [2.05, 4.69) is 20.5 Å². The predicted molar refractivity (Wildman–Crippen MR) is 132 cm³/mol. The third-order valence-corrected chi connectivity index (χ3v) is 5.79. The molecule has 1 N–H and O–H groups in total. The van der Waals surface area contributed by atoms with Gasteiger partial charge in [0.1, 0.15) is 11.5 Å². The molecule has 0 spiro atoms. The molecule has 0 amide bonds. The average molecular weight is 470 g/mol. The second kappa shape index (κ2) is 9.42. The molecule has 0 radical (unpaired) electrons. The van der Waals surface area contributed by atoms with Crippen molar-refractivity contribution in [2.24, 2.45) is 0 Å². The van der Waals surface area contributed by atoms with Crippen LogP contribution in [0.5, 0.6) is 11.5 Å². The monoisotopic (exact) mass is 469 g/mol. The number of hydrogen-bond acceptors (Lipinski definition) is 4. The zero-order valence-corrected chi connectivity index (χ0v) is 19.6. The highest BCUT2D eigenvalue weighted by Gasteiger charge is 2.21. The second-order valence-electron chi connectivity index (χ2n) is 8.03. The summed E-state index contributed by atoms with van der Waals surface area (Å²) in [6, 6.07) is 22.2. The van der Waals surface area contributed by atoms with E-state index in [1.54, 1.807) is 26.4 Å². The van der Waals surface area contributed by atoms with Gasteiger partial charge in [-0.1, -0.05) is 35.4 Å². The van der Waals surface area contributed by atoms with Crippen LogP contribution in [0.25, 0.3) is 33.3 Å². The van der Waals surface area contributed by atoms with Crippen molar-refractivity contribution in [3.05, 3.63) is 95.2 Å². The van der Waals surface area contributed by atoms with Gasteiger partial charge in [0.15, 0.2) is 11.5 Å². The Morgan fingerprint density at radius 2 is 1.66 bits per heavy atom. The van der Waals surface area contributed by atoms with Gasteiger partial charge in [0.2, 0.25) is 0 Å². The molecule has 7 nitrogen and oxygen atoms in total. The van der Waals surface area contributed by atoms with Crippen molar-refractivity contribution < 1.29 is 18.4 Å². The number of aromatic amines is 1. The number of fused-ring (bicyclic) bond motifs is 1. The van der Waals surface area contributed by atoms with Crippen LogP contribution in [0.4, 0.5) is 10.3 Å². The summed E-state index contributed by atoms with van der Waals surface area (Å²) in [7, 11) is 3.20. The first-order valence-corrected chi connectivity index (χ1v) is 11.1. The maximum atomic E-state index is 13.8. The van der Waals surface area contributed by atoms with Crippen LogP contribution in [0.2, 0.25) is 0 Å². The van der Waals surface area contributed by atoms with E-state index in [0.29, 0.717) is 29.9 Å². The summed E-state index contributed by atoms with van der Waals surface area (Å²) in [5.74, 6) is 1.77. The van der Waals surface area contributed by atoms with Gasteiger partial charge in [0.05, 0.1) is 25.9 Å². The highest BCUT2D eigenvalue weighted by molar-refractivity contribution is 5.95. The molecule has 3 aromatic carbocycles. The van der Waals surface area contributed by atoms with Crippen LogP contribution in [0.15, 0.2) is 72.8 Å². The third kappa shape index (κ3) is 4.38. The van der Waals surface area contributed by atoms with E-state index >= 15 is 0 Å². The lowest BCUT2D eigenvalue weighted by Crippen LogP contribution is -2.38. The van der Waals surface area contributed by atoms with Gasteiger partial charge in [0.25, 0.3) is 0 Å². The molecule has 176 valence electrons. The van der Waals surface area contributed by atoms with Crippen molar-refractivity contribution in [1.82, 2.24) is 15.2 Å². The maximum Gasteiger partial charge on any atom is 0.305 e. The predicted octanol–water partition coefficient (Wildman–Crippen LogP) is 5.57. The highest BCUT2D eigenvalue weighted by atomic mass is 19.1. The second-order valence-corrected chi connectivity index (χ2v) is 8.03. The fourth-order valence-electron chi connectivity index (χ4n) is 4.12. The van der Waals surface area contributed by atoms with Gasteiger partial charge >= 0.3 is 5.95 Å². The smallest absolute Gasteiger partial charge is 0.305 e. The van der Waals surface area contributed by atoms with Crippen molar-refractivity contribution in [1.29, 1.82) is 0 Å². The number of benzene rings is 3. The SMILES string of the molecule is COc1cc2cc(C)[n+](-c3n[nH]c([N-]Cc4ccccc4)n3)c(-c3ccc(F)cc3)c2cc1OC. The van der Waals surface area contributed by atoms with Gasteiger partial charge in [0, 0.05) is 17.5 Å². The molecule has 2 aromatic heterocycles.